The fourth-order valence-corrected chi connectivity index (χ4v) is 1.26. The second-order valence-corrected chi connectivity index (χ2v) is 3.34. The van der Waals surface area contributed by atoms with Crippen molar-refractivity contribution in [3.05, 3.63) is 46.5 Å². The van der Waals surface area contributed by atoms with E-state index in [2.05, 4.69) is 10.1 Å². The summed E-state index contributed by atoms with van der Waals surface area (Å²) in [5, 5.41) is 14.3. The second kappa shape index (κ2) is 4.60. The van der Waals surface area contributed by atoms with Gasteiger partial charge in [0.1, 0.15) is 18.7 Å². The van der Waals surface area contributed by atoms with Crippen LogP contribution in [0.4, 0.5) is 5.69 Å². The highest BCUT2D eigenvalue weighted by Crippen LogP contribution is 2.17. The predicted molar refractivity (Wildman–Crippen MR) is 58.4 cm³/mol. The number of aryl methyl sites for hydroxylation is 1. The van der Waals surface area contributed by atoms with Crippen LogP contribution in [0.25, 0.3) is 0 Å². The van der Waals surface area contributed by atoms with Gasteiger partial charge in [0.25, 0.3) is 5.69 Å². The first-order valence-corrected chi connectivity index (χ1v) is 4.87. The molecule has 0 aliphatic heterocycles. The van der Waals surface area contributed by atoms with Crippen LogP contribution >= 0.6 is 0 Å². The Hall–Kier alpha value is -2.44. The predicted octanol–water partition coefficient (Wildman–Crippen LogP) is 1.30. The summed E-state index contributed by atoms with van der Waals surface area (Å²) in [5.41, 5.74) is 0.0380. The summed E-state index contributed by atoms with van der Waals surface area (Å²) >= 11 is 0. The molecule has 1 heterocycles. The zero-order valence-electron chi connectivity index (χ0n) is 9.11. The number of non-ortho nitro benzene ring substituents is 1. The van der Waals surface area contributed by atoms with Crippen molar-refractivity contribution >= 4 is 5.69 Å². The van der Waals surface area contributed by atoms with E-state index in [1.54, 1.807) is 23.9 Å². The monoisotopic (exact) mass is 234 g/mol. The van der Waals surface area contributed by atoms with Crippen LogP contribution in [-0.2, 0) is 13.7 Å². The minimum Gasteiger partial charge on any atom is -0.486 e. The van der Waals surface area contributed by atoms with E-state index in [0.29, 0.717) is 11.6 Å². The molecular formula is C10H10N4O3. The molecule has 7 heteroatoms. The van der Waals surface area contributed by atoms with E-state index in [0.717, 1.165) is 0 Å². The summed E-state index contributed by atoms with van der Waals surface area (Å²) in [5.74, 6) is 1.24. The number of nitrogens with zero attached hydrogens (tertiary/aromatic N) is 4. The zero-order chi connectivity index (χ0) is 12.3. The van der Waals surface area contributed by atoms with E-state index in [1.807, 2.05) is 0 Å². The Balaban J connectivity index is 2.00. The molecule has 0 fully saturated rings. The summed E-state index contributed by atoms with van der Waals surface area (Å²) in [6, 6.07) is 5.89. The molecule has 2 rings (SSSR count). The Morgan fingerprint density at radius 1 is 1.41 bits per heavy atom. The number of nitro benzene ring substituents is 1. The molecule has 0 radical (unpaired) electrons. The van der Waals surface area contributed by atoms with E-state index in [4.69, 9.17) is 4.74 Å². The molecule has 0 spiro atoms. The number of rotatable bonds is 4. The minimum atomic E-state index is -0.452. The first-order valence-electron chi connectivity index (χ1n) is 4.87. The Morgan fingerprint density at radius 2 is 2.12 bits per heavy atom. The van der Waals surface area contributed by atoms with E-state index in [1.165, 1.54) is 18.5 Å². The molecular weight excluding hydrogens is 224 g/mol. The molecule has 0 unspecified atom stereocenters. The quantitative estimate of drug-likeness (QED) is 0.588. The topological polar surface area (TPSA) is 83.1 Å². The number of hydrogen-bond donors (Lipinski definition) is 0. The third-order valence-electron chi connectivity index (χ3n) is 2.22. The number of nitro groups is 1. The Bertz CT molecular complexity index is 521. The van der Waals surface area contributed by atoms with Gasteiger partial charge in [0.05, 0.1) is 4.92 Å². The molecule has 0 aliphatic carbocycles. The molecule has 17 heavy (non-hydrogen) atoms. The van der Waals surface area contributed by atoms with Crippen LogP contribution in [0.5, 0.6) is 5.75 Å². The molecule has 0 atom stereocenters. The molecule has 0 saturated carbocycles. The highest BCUT2D eigenvalue weighted by molar-refractivity contribution is 5.35. The first kappa shape index (κ1) is 11.1. The maximum atomic E-state index is 10.4. The lowest BCUT2D eigenvalue weighted by Gasteiger charge is -2.04. The number of benzene rings is 1. The summed E-state index contributed by atoms with van der Waals surface area (Å²) < 4.78 is 7.02. The van der Waals surface area contributed by atoms with E-state index in [-0.39, 0.29) is 12.3 Å². The van der Waals surface area contributed by atoms with Gasteiger partial charge in [0.2, 0.25) is 0 Å². The molecule has 0 amide bonds. The second-order valence-electron chi connectivity index (χ2n) is 3.34. The van der Waals surface area contributed by atoms with Gasteiger partial charge in [-0.15, -0.1) is 0 Å². The van der Waals surface area contributed by atoms with Crippen molar-refractivity contribution < 1.29 is 9.66 Å². The molecule has 1 aromatic carbocycles. The fourth-order valence-electron chi connectivity index (χ4n) is 1.26. The Morgan fingerprint density at radius 3 is 2.65 bits per heavy atom. The molecule has 1 aromatic heterocycles. The molecule has 0 N–H and O–H groups in total. The molecule has 2 aromatic rings. The minimum absolute atomic E-state index is 0.0380. The van der Waals surface area contributed by atoms with Gasteiger partial charge in [-0.25, -0.2) is 4.98 Å². The average molecular weight is 234 g/mol. The largest absolute Gasteiger partial charge is 0.486 e. The number of ether oxygens (including phenoxy) is 1. The van der Waals surface area contributed by atoms with Crippen molar-refractivity contribution in [3.8, 4) is 5.75 Å². The highest BCUT2D eigenvalue weighted by Gasteiger charge is 2.05. The van der Waals surface area contributed by atoms with Gasteiger partial charge < -0.3 is 4.74 Å². The lowest BCUT2D eigenvalue weighted by atomic mass is 10.3. The lowest BCUT2D eigenvalue weighted by Crippen LogP contribution is -2.04. The van der Waals surface area contributed by atoms with Crippen LogP contribution in [0, 0.1) is 10.1 Å². The average Bonchev–Trinajstić information content (AvgIpc) is 2.73. The fraction of sp³-hybridized carbons (Fsp3) is 0.200. The van der Waals surface area contributed by atoms with E-state index in [9.17, 15) is 10.1 Å². The molecule has 0 aliphatic rings. The van der Waals surface area contributed by atoms with Gasteiger partial charge >= 0.3 is 0 Å². The van der Waals surface area contributed by atoms with Gasteiger partial charge in [0, 0.05) is 19.2 Å². The van der Waals surface area contributed by atoms with Crippen molar-refractivity contribution in [2.45, 2.75) is 6.61 Å². The van der Waals surface area contributed by atoms with E-state index >= 15 is 0 Å². The molecule has 7 nitrogen and oxygen atoms in total. The van der Waals surface area contributed by atoms with Gasteiger partial charge in [-0.3, -0.25) is 14.8 Å². The maximum Gasteiger partial charge on any atom is 0.269 e. The third-order valence-corrected chi connectivity index (χ3v) is 2.22. The van der Waals surface area contributed by atoms with Crippen LogP contribution in [-0.4, -0.2) is 19.7 Å². The van der Waals surface area contributed by atoms with Crippen molar-refractivity contribution in [2.24, 2.45) is 7.05 Å². The van der Waals surface area contributed by atoms with Crippen LogP contribution in [0.15, 0.2) is 30.6 Å². The summed E-state index contributed by atoms with van der Waals surface area (Å²) in [7, 11) is 1.77. The first-order chi connectivity index (χ1) is 8.16. The summed E-state index contributed by atoms with van der Waals surface area (Å²) in [4.78, 5) is 14.0. The van der Waals surface area contributed by atoms with Crippen LogP contribution < -0.4 is 4.74 Å². The third kappa shape index (κ3) is 2.57. The van der Waals surface area contributed by atoms with Crippen LogP contribution in [0.3, 0.4) is 0 Å². The smallest absolute Gasteiger partial charge is 0.269 e. The van der Waals surface area contributed by atoms with Gasteiger partial charge in [-0.05, 0) is 12.1 Å². The number of hydrogen-bond acceptors (Lipinski definition) is 5. The molecule has 0 bridgehead atoms. The highest BCUT2D eigenvalue weighted by atomic mass is 16.6. The number of aromatic nitrogens is 3. The van der Waals surface area contributed by atoms with Gasteiger partial charge in [0.15, 0.2) is 5.82 Å². The SMILES string of the molecule is Cn1ncnc1COc1ccc([N+](=O)[O-])cc1. The normalized spacial score (nSPS) is 10.2. The standard InChI is InChI=1S/C10H10N4O3/c1-13-10(11-7-12-13)6-17-9-4-2-8(3-5-9)14(15)16/h2-5,7H,6H2,1H3. The lowest BCUT2D eigenvalue weighted by molar-refractivity contribution is -0.384. The molecule has 0 saturated heterocycles. The maximum absolute atomic E-state index is 10.4. The van der Waals surface area contributed by atoms with Crippen molar-refractivity contribution in [1.29, 1.82) is 0 Å². The summed E-state index contributed by atoms with van der Waals surface area (Å²) in [6.07, 6.45) is 1.44. The van der Waals surface area contributed by atoms with E-state index < -0.39 is 4.92 Å². The van der Waals surface area contributed by atoms with Crippen molar-refractivity contribution in [2.75, 3.05) is 0 Å². The summed E-state index contributed by atoms with van der Waals surface area (Å²) in [6.45, 7) is 0.272. The molecule has 88 valence electrons. The van der Waals surface area contributed by atoms with Gasteiger partial charge in [-0.1, -0.05) is 0 Å². The Labute approximate surface area is 96.8 Å². The van der Waals surface area contributed by atoms with Crippen molar-refractivity contribution in [1.82, 2.24) is 14.8 Å². The van der Waals surface area contributed by atoms with Crippen molar-refractivity contribution in [3.63, 3.8) is 0 Å². The zero-order valence-corrected chi connectivity index (χ0v) is 9.11. The Kier molecular flexibility index (Phi) is 2.99. The van der Waals surface area contributed by atoms with Crippen LogP contribution in [0.1, 0.15) is 5.82 Å². The van der Waals surface area contributed by atoms with Crippen LogP contribution in [0.2, 0.25) is 0 Å². The van der Waals surface area contributed by atoms with Gasteiger partial charge in [-0.2, -0.15) is 5.10 Å².